The first-order chi connectivity index (χ1) is 18.6. The largest absolute Gasteiger partial charge is 0.392 e. The molecule has 0 saturated carbocycles. The van der Waals surface area contributed by atoms with Crippen molar-refractivity contribution in [3.05, 3.63) is 131 Å². The van der Waals surface area contributed by atoms with Gasteiger partial charge in [-0.25, -0.2) is 0 Å². The van der Waals surface area contributed by atoms with Crippen molar-refractivity contribution in [1.82, 2.24) is 0 Å². The van der Waals surface area contributed by atoms with Crippen molar-refractivity contribution in [2.75, 3.05) is 11.1 Å². The number of aliphatic hydroxyl groups is 1. The third-order valence-electron chi connectivity index (χ3n) is 6.76. The van der Waals surface area contributed by atoms with E-state index in [1.54, 1.807) is 23.9 Å². The van der Waals surface area contributed by atoms with Crippen molar-refractivity contribution in [3.8, 4) is 0 Å². The monoisotopic (exact) mass is 525 g/mol. The Morgan fingerprint density at radius 3 is 2.11 bits per heavy atom. The van der Waals surface area contributed by atoms with Gasteiger partial charge in [0.15, 0.2) is 6.29 Å². The van der Waals surface area contributed by atoms with Gasteiger partial charge in [-0.2, -0.15) is 0 Å². The number of rotatable bonds is 8. The summed E-state index contributed by atoms with van der Waals surface area (Å²) in [7, 11) is 0. The molecule has 1 heterocycles. The SMILES string of the molecule is C[C@@H]1[C@H](CSc2ccccc2)O[C@H](c2ccc(NC(=O)c3ccccc3)cc2)O[C@@H]1c1ccc(CO)cc1. The minimum atomic E-state index is -0.547. The summed E-state index contributed by atoms with van der Waals surface area (Å²) in [5.41, 5.74) is 4.14. The van der Waals surface area contributed by atoms with E-state index < -0.39 is 6.29 Å². The Hall–Kier alpha value is -3.42. The molecule has 1 saturated heterocycles. The topological polar surface area (TPSA) is 67.8 Å². The van der Waals surface area contributed by atoms with Crippen molar-refractivity contribution in [2.24, 2.45) is 5.92 Å². The Morgan fingerprint density at radius 2 is 1.45 bits per heavy atom. The van der Waals surface area contributed by atoms with Crippen molar-refractivity contribution in [1.29, 1.82) is 0 Å². The molecule has 2 N–H and O–H groups in total. The molecule has 0 bridgehead atoms. The van der Waals surface area contributed by atoms with Gasteiger partial charge in [0.25, 0.3) is 5.91 Å². The van der Waals surface area contributed by atoms with Crippen LogP contribution in [0.4, 0.5) is 5.69 Å². The summed E-state index contributed by atoms with van der Waals surface area (Å²) < 4.78 is 13.1. The lowest BCUT2D eigenvalue weighted by molar-refractivity contribution is -0.268. The lowest BCUT2D eigenvalue weighted by Gasteiger charge is -2.41. The van der Waals surface area contributed by atoms with E-state index in [4.69, 9.17) is 9.47 Å². The highest BCUT2D eigenvalue weighted by Crippen LogP contribution is 2.43. The predicted molar refractivity (Wildman–Crippen MR) is 151 cm³/mol. The highest BCUT2D eigenvalue weighted by molar-refractivity contribution is 7.99. The molecule has 1 amide bonds. The number of hydrogen-bond acceptors (Lipinski definition) is 5. The molecule has 0 radical (unpaired) electrons. The summed E-state index contributed by atoms with van der Waals surface area (Å²) >= 11 is 1.78. The highest BCUT2D eigenvalue weighted by Gasteiger charge is 2.38. The van der Waals surface area contributed by atoms with Crippen LogP contribution in [-0.4, -0.2) is 22.9 Å². The molecule has 1 aliphatic rings. The maximum Gasteiger partial charge on any atom is 0.255 e. The van der Waals surface area contributed by atoms with Gasteiger partial charge in [0, 0.05) is 33.4 Å². The van der Waals surface area contributed by atoms with Gasteiger partial charge in [-0.1, -0.05) is 79.7 Å². The fourth-order valence-corrected chi connectivity index (χ4v) is 5.61. The zero-order valence-corrected chi connectivity index (χ0v) is 22.0. The van der Waals surface area contributed by atoms with Crippen LogP contribution in [0.5, 0.6) is 0 Å². The van der Waals surface area contributed by atoms with E-state index in [2.05, 4.69) is 24.4 Å². The Bertz CT molecular complexity index is 1310. The van der Waals surface area contributed by atoms with E-state index in [-0.39, 0.29) is 30.6 Å². The number of thioether (sulfide) groups is 1. The van der Waals surface area contributed by atoms with Crippen LogP contribution in [0.3, 0.4) is 0 Å². The quantitative estimate of drug-likeness (QED) is 0.242. The first kappa shape index (κ1) is 26.2. The van der Waals surface area contributed by atoms with Gasteiger partial charge in [0.05, 0.1) is 18.8 Å². The molecule has 0 aromatic heterocycles. The molecule has 5 nitrogen and oxygen atoms in total. The molecule has 4 aromatic carbocycles. The molecule has 5 rings (SSSR count). The Kier molecular flexibility index (Phi) is 8.56. The summed E-state index contributed by atoms with van der Waals surface area (Å²) in [6.07, 6.45) is -0.756. The van der Waals surface area contributed by atoms with Gasteiger partial charge < -0.3 is 19.9 Å². The molecule has 0 aliphatic carbocycles. The molecule has 0 spiro atoms. The molecule has 6 heteroatoms. The second-order valence-electron chi connectivity index (χ2n) is 9.39. The normalized spacial score (nSPS) is 21.1. The summed E-state index contributed by atoms with van der Waals surface area (Å²) in [6.45, 7) is 2.18. The Morgan fingerprint density at radius 1 is 0.816 bits per heavy atom. The minimum absolute atomic E-state index is 0.0105. The molecular formula is C32H31NO4S. The zero-order chi connectivity index (χ0) is 26.3. The molecule has 194 valence electrons. The standard InChI is InChI=1S/C32H31NO4S/c1-22-29(21-38-28-10-6-3-7-11-28)36-32(37-30(22)24-14-12-23(20-34)13-15-24)26-16-18-27(19-17-26)33-31(35)25-8-4-2-5-9-25/h2-19,22,29-30,32,34H,20-21H2,1H3,(H,33,35)/t22-,29+,30+,32+/m1/s1. The maximum atomic E-state index is 12.5. The van der Waals surface area contributed by atoms with Crippen molar-refractivity contribution in [2.45, 2.75) is 36.9 Å². The van der Waals surface area contributed by atoms with Gasteiger partial charge in [-0.3, -0.25) is 4.79 Å². The third-order valence-corrected chi connectivity index (χ3v) is 7.86. The maximum absolute atomic E-state index is 12.5. The number of carbonyl (C=O) groups excluding carboxylic acids is 1. The second-order valence-corrected chi connectivity index (χ2v) is 10.5. The van der Waals surface area contributed by atoms with E-state index in [1.807, 2.05) is 84.9 Å². The number of hydrogen-bond donors (Lipinski definition) is 2. The molecule has 0 unspecified atom stereocenters. The number of nitrogens with one attached hydrogen (secondary N) is 1. The van der Waals surface area contributed by atoms with Gasteiger partial charge >= 0.3 is 0 Å². The van der Waals surface area contributed by atoms with Crippen LogP contribution in [-0.2, 0) is 16.1 Å². The number of aliphatic hydroxyl groups excluding tert-OH is 1. The number of benzene rings is 4. The number of anilines is 1. The Labute approximate surface area is 227 Å². The smallest absolute Gasteiger partial charge is 0.255 e. The van der Waals surface area contributed by atoms with E-state index in [1.165, 1.54) is 4.90 Å². The molecule has 1 aliphatic heterocycles. The summed E-state index contributed by atoms with van der Waals surface area (Å²) in [6, 6.07) is 35.0. The summed E-state index contributed by atoms with van der Waals surface area (Å²) in [5, 5.41) is 12.4. The van der Waals surface area contributed by atoms with E-state index in [9.17, 15) is 9.90 Å². The number of ether oxygens (including phenoxy) is 2. The van der Waals surface area contributed by atoms with E-state index in [0.717, 1.165) is 22.4 Å². The fourth-order valence-electron chi connectivity index (χ4n) is 4.52. The fraction of sp³-hybridized carbons (Fsp3) is 0.219. The molecule has 1 fully saturated rings. The first-order valence-electron chi connectivity index (χ1n) is 12.8. The van der Waals surface area contributed by atoms with Crippen LogP contribution in [0.25, 0.3) is 0 Å². The van der Waals surface area contributed by atoms with Crippen molar-refractivity contribution >= 4 is 23.4 Å². The average molecular weight is 526 g/mol. The lowest BCUT2D eigenvalue weighted by Crippen LogP contribution is -2.38. The zero-order valence-electron chi connectivity index (χ0n) is 21.2. The molecule has 4 atom stereocenters. The third kappa shape index (κ3) is 6.34. The number of amides is 1. The first-order valence-corrected chi connectivity index (χ1v) is 13.7. The van der Waals surface area contributed by atoms with Crippen molar-refractivity contribution < 1.29 is 19.4 Å². The van der Waals surface area contributed by atoms with Crippen LogP contribution in [0, 0.1) is 5.92 Å². The Balaban J connectivity index is 1.34. The summed E-state index contributed by atoms with van der Waals surface area (Å²) in [4.78, 5) is 13.7. The average Bonchev–Trinajstić information content (AvgIpc) is 2.98. The lowest BCUT2D eigenvalue weighted by atomic mass is 9.91. The van der Waals surface area contributed by atoms with Gasteiger partial charge in [0.1, 0.15) is 0 Å². The minimum Gasteiger partial charge on any atom is -0.392 e. The highest BCUT2D eigenvalue weighted by atomic mass is 32.2. The summed E-state index contributed by atoms with van der Waals surface area (Å²) in [5.74, 6) is 0.759. The second kappa shape index (κ2) is 12.4. The molecular weight excluding hydrogens is 494 g/mol. The van der Waals surface area contributed by atoms with Gasteiger partial charge in [0.2, 0.25) is 0 Å². The van der Waals surface area contributed by atoms with Crippen LogP contribution >= 0.6 is 11.8 Å². The van der Waals surface area contributed by atoms with Crippen LogP contribution in [0.1, 0.15) is 46.4 Å². The van der Waals surface area contributed by atoms with E-state index >= 15 is 0 Å². The number of carbonyl (C=O) groups is 1. The van der Waals surface area contributed by atoms with Crippen LogP contribution in [0.2, 0.25) is 0 Å². The molecule has 38 heavy (non-hydrogen) atoms. The van der Waals surface area contributed by atoms with Crippen LogP contribution < -0.4 is 5.32 Å². The van der Waals surface area contributed by atoms with Gasteiger partial charge in [-0.15, -0.1) is 11.8 Å². The van der Waals surface area contributed by atoms with Crippen molar-refractivity contribution in [3.63, 3.8) is 0 Å². The van der Waals surface area contributed by atoms with Crippen LogP contribution in [0.15, 0.2) is 114 Å². The molecule has 4 aromatic rings. The van der Waals surface area contributed by atoms with E-state index in [0.29, 0.717) is 11.3 Å². The predicted octanol–water partition coefficient (Wildman–Crippen LogP) is 7.01. The van der Waals surface area contributed by atoms with Gasteiger partial charge in [-0.05, 0) is 47.5 Å².